The van der Waals surface area contributed by atoms with E-state index in [1.807, 2.05) is 49.5 Å². The third kappa shape index (κ3) is 3.88. The molecule has 5 rings (SSSR count). The molecule has 0 unspecified atom stereocenters. The highest BCUT2D eigenvalue weighted by atomic mass is 16.3. The predicted octanol–water partition coefficient (Wildman–Crippen LogP) is 3.14. The Hall–Kier alpha value is -3.32. The lowest BCUT2D eigenvalue weighted by Crippen LogP contribution is -2.45. The number of carbonyl (C=O) groups is 1. The number of carbonyl (C=O) groups excluding carboxylic acids is 1. The molecule has 0 spiro atoms. The van der Waals surface area contributed by atoms with Gasteiger partial charge in [-0.15, -0.1) is 5.10 Å². The molecule has 7 nitrogen and oxygen atoms in total. The van der Waals surface area contributed by atoms with E-state index >= 15 is 0 Å². The summed E-state index contributed by atoms with van der Waals surface area (Å²) >= 11 is 0. The van der Waals surface area contributed by atoms with Crippen LogP contribution in [0.1, 0.15) is 47.3 Å². The zero-order chi connectivity index (χ0) is 21.4. The second kappa shape index (κ2) is 8.07. The topological polar surface area (TPSA) is 92.9 Å². The molecule has 4 aromatic rings. The number of para-hydroxylation sites is 1. The maximum Gasteiger partial charge on any atom is 0.270 e. The van der Waals surface area contributed by atoms with Gasteiger partial charge in [0.25, 0.3) is 5.91 Å². The van der Waals surface area contributed by atoms with Crippen LogP contribution in [0.3, 0.4) is 0 Å². The van der Waals surface area contributed by atoms with Crippen molar-refractivity contribution >= 4 is 27.8 Å². The molecule has 1 aliphatic rings. The van der Waals surface area contributed by atoms with Gasteiger partial charge >= 0.3 is 0 Å². The minimum absolute atomic E-state index is 0.211. The fourth-order valence-electron chi connectivity index (χ4n) is 4.45. The van der Waals surface area contributed by atoms with E-state index in [4.69, 9.17) is 0 Å². The van der Waals surface area contributed by atoms with Gasteiger partial charge in [0, 0.05) is 12.4 Å². The predicted molar refractivity (Wildman–Crippen MR) is 119 cm³/mol. The van der Waals surface area contributed by atoms with Gasteiger partial charge in [-0.25, -0.2) is 9.67 Å². The first-order valence-corrected chi connectivity index (χ1v) is 10.7. The van der Waals surface area contributed by atoms with E-state index in [-0.39, 0.29) is 11.9 Å². The molecular formula is C24H25N5O2. The second-order valence-corrected chi connectivity index (χ2v) is 8.33. The zero-order valence-corrected chi connectivity index (χ0v) is 17.5. The summed E-state index contributed by atoms with van der Waals surface area (Å²) in [5.74, 6) is -0.234. The molecule has 2 aromatic heterocycles. The van der Waals surface area contributed by atoms with Crippen LogP contribution in [0.25, 0.3) is 21.9 Å². The third-order valence-corrected chi connectivity index (χ3v) is 6.15. The Bertz CT molecular complexity index is 1270. The lowest BCUT2D eigenvalue weighted by atomic mass is 9.92. The molecule has 7 heteroatoms. The lowest BCUT2D eigenvalue weighted by molar-refractivity contribution is 0.0714. The van der Waals surface area contributed by atoms with Crippen LogP contribution in [-0.2, 0) is 13.5 Å². The molecule has 2 atom stereocenters. The number of nitrogens with zero attached hydrogens (tertiary/aromatic N) is 4. The lowest BCUT2D eigenvalue weighted by Gasteiger charge is -2.28. The minimum atomic E-state index is -0.490. The minimum Gasteiger partial charge on any atom is -0.391 e. The molecule has 2 N–H and O–H groups in total. The second-order valence-electron chi connectivity index (χ2n) is 8.33. The van der Waals surface area contributed by atoms with E-state index in [0.717, 1.165) is 58.7 Å². The molecule has 2 aromatic carbocycles. The van der Waals surface area contributed by atoms with Crippen molar-refractivity contribution in [1.29, 1.82) is 0 Å². The van der Waals surface area contributed by atoms with E-state index in [9.17, 15) is 9.90 Å². The number of aromatic nitrogens is 4. The molecule has 1 saturated carbocycles. The number of aryl methyl sites for hydroxylation is 1. The molecule has 1 aliphatic carbocycles. The quantitative estimate of drug-likeness (QED) is 0.534. The van der Waals surface area contributed by atoms with Crippen LogP contribution >= 0.6 is 0 Å². The maximum atomic E-state index is 13.0. The monoisotopic (exact) mass is 415 g/mol. The number of amides is 1. The Morgan fingerprint density at radius 2 is 1.97 bits per heavy atom. The summed E-state index contributed by atoms with van der Waals surface area (Å²) in [4.78, 5) is 17.6. The fraction of sp³-hybridized carbons (Fsp3) is 0.333. The Balaban J connectivity index is 1.48. The van der Waals surface area contributed by atoms with Crippen molar-refractivity contribution in [1.82, 2.24) is 25.3 Å². The summed E-state index contributed by atoms with van der Waals surface area (Å²) in [6, 6.07) is 15.7. The first kappa shape index (κ1) is 19.6. The SMILES string of the molecule is Cn1nnc2cc(Cc3cc(C(=O)N[C@H]4CCCC[C@@H]4O)nc4ccccc34)ccc21. The van der Waals surface area contributed by atoms with Gasteiger partial charge in [-0.2, -0.15) is 0 Å². The van der Waals surface area contributed by atoms with Gasteiger partial charge in [0.2, 0.25) is 0 Å². The fourth-order valence-corrected chi connectivity index (χ4v) is 4.45. The molecule has 0 bridgehead atoms. The highest BCUT2D eigenvalue weighted by Gasteiger charge is 2.25. The molecule has 0 aliphatic heterocycles. The van der Waals surface area contributed by atoms with Gasteiger partial charge in [-0.1, -0.05) is 42.3 Å². The van der Waals surface area contributed by atoms with Gasteiger partial charge in [-0.05, 0) is 54.7 Å². The first-order valence-electron chi connectivity index (χ1n) is 10.7. The number of hydrogen-bond donors (Lipinski definition) is 2. The number of nitrogens with one attached hydrogen (secondary N) is 1. The van der Waals surface area contributed by atoms with Crippen molar-refractivity contribution in [2.24, 2.45) is 7.05 Å². The van der Waals surface area contributed by atoms with E-state index < -0.39 is 6.10 Å². The third-order valence-electron chi connectivity index (χ3n) is 6.15. The largest absolute Gasteiger partial charge is 0.391 e. The standard InChI is InChI=1S/C24H25N5O2/c1-29-22-11-10-15(13-20(22)27-28-29)12-16-14-21(25-18-7-3-2-6-17(16)18)24(31)26-19-8-4-5-9-23(19)30/h2-3,6-7,10-11,13-14,19,23,30H,4-5,8-9,12H2,1H3,(H,26,31)/t19-,23-/m0/s1. The zero-order valence-electron chi connectivity index (χ0n) is 17.5. The normalized spacial score (nSPS) is 19.0. The molecule has 0 saturated heterocycles. The van der Waals surface area contributed by atoms with Gasteiger partial charge in [-0.3, -0.25) is 4.79 Å². The van der Waals surface area contributed by atoms with E-state index in [0.29, 0.717) is 12.1 Å². The van der Waals surface area contributed by atoms with Gasteiger partial charge in [0.05, 0.1) is 23.2 Å². The molecule has 1 fully saturated rings. The van der Waals surface area contributed by atoms with Crippen molar-refractivity contribution in [2.45, 2.75) is 44.2 Å². The highest BCUT2D eigenvalue weighted by molar-refractivity contribution is 5.96. The molecule has 1 amide bonds. The van der Waals surface area contributed by atoms with Gasteiger partial charge in [0.15, 0.2) is 0 Å². The maximum absolute atomic E-state index is 13.0. The average molecular weight is 415 g/mol. The summed E-state index contributed by atoms with van der Waals surface area (Å²) in [5, 5.41) is 22.5. The van der Waals surface area contributed by atoms with Crippen molar-refractivity contribution in [3.8, 4) is 0 Å². The van der Waals surface area contributed by atoms with Crippen molar-refractivity contribution in [2.75, 3.05) is 0 Å². The van der Waals surface area contributed by atoms with Crippen LogP contribution in [-0.4, -0.2) is 43.1 Å². The summed E-state index contributed by atoms with van der Waals surface area (Å²) in [6.45, 7) is 0. The average Bonchev–Trinajstić information content (AvgIpc) is 3.15. The van der Waals surface area contributed by atoms with Crippen LogP contribution in [0.5, 0.6) is 0 Å². The van der Waals surface area contributed by atoms with Gasteiger partial charge < -0.3 is 10.4 Å². The number of hydrogen-bond acceptors (Lipinski definition) is 5. The van der Waals surface area contributed by atoms with Crippen LogP contribution in [0.4, 0.5) is 0 Å². The molecular weight excluding hydrogens is 390 g/mol. The van der Waals surface area contributed by atoms with Crippen molar-refractivity contribution in [3.63, 3.8) is 0 Å². The van der Waals surface area contributed by atoms with E-state index in [1.165, 1.54) is 0 Å². The summed E-state index contributed by atoms with van der Waals surface area (Å²) in [6.07, 6.45) is 3.71. The Kier molecular flexibility index (Phi) is 5.11. The van der Waals surface area contributed by atoms with Crippen molar-refractivity contribution in [3.05, 3.63) is 65.4 Å². The van der Waals surface area contributed by atoms with Crippen LogP contribution < -0.4 is 5.32 Å². The smallest absolute Gasteiger partial charge is 0.270 e. The number of aliphatic hydroxyl groups is 1. The molecule has 31 heavy (non-hydrogen) atoms. The Morgan fingerprint density at radius 1 is 1.13 bits per heavy atom. The number of rotatable bonds is 4. The summed E-state index contributed by atoms with van der Waals surface area (Å²) in [7, 11) is 1.87. The van der Waals surface area contributed by atoms with E-state index in [1.54, 1.807) is 4.68 Å². The van der Waals surface area contributed by atoms with E-state index in [2.05, 4.69) is 26.7 Å². The van der Waals surface area contributed by atoms with Crippen LogP contribution in [0.2, 0.25) is 0 Å². The summed E-state index contributed by atoms with van der Waals surface area (Å²) < 4.78 is 1.75. The molecule has 2 heterocycles. The number of benzene rings is 2. The van der Waals surface area contributed by atoms with Crippen LogP contribution in [0.15, 0.2) is 48.5 Å². The highest BCUT2D eigenvalue weighted by Crippen LogP contribution is 2.24. The first-order chi connectivity index (χ1) is 15.1. The number of fused-ring (bicyclic) bond motifs is 2. The number of pyridine rings is 1. The molecule has 0 radical (unpaired) electrons. The summed E-state index contributed by atoms with van der Waals surface area (Å²) in [5.41, 5.74) is 5.13. The van der Waals surface area contributed by atoms with Crippen LogP contribution in [0, 0.1) is 0 Å². The molecule has 158 valence electrons. The van der Waals surface area contributed by atoms with Crippen molar-refractivity contribution < 1.29 is 9.90 Å². The van der Waals surface area contributed by atoms with Gasteiger partial charge in [0.1, 0.15) is 11.2 Å². The Labute approximate surface area is 180 Å². The Morgan fingerprint density at radius 3 is 2.84 bits per heavy atom. The number of aliphatic hydroxyl groups excluding tert-OH is 1.